The number of hydrogen-bond acceptors (Lipinski definition) is 4. The van der Waals surface area contributed by atoms with Crippen LogP contribution in [0, 0.1) is 0 Å². The molecule has 0 aliphatic carbocycles. The molecule has 1 fully saturated rings. The second-order valence-electron chi connectivity index (χ2n) is 5.90. The zero-order valence-corrected chi connectivity index (χ0v) is 13.9. The van der Waals surface area contributed by atoms with Gasteiger partial charge in [-0.15, -0.1) is 0 Å². The van der Waals surface area contributed by atoms with Crippen LogP contribution in [-0.4, -0.2) is 34.1 Å². The molecule has 2 aromatic rings. The van der Waals surface area contributed by atoms with Gasteiger partial charge in [-0.25, -0.2) is 4.98 Å². The van der Waals surface area contributed by atoms with E-state index in [4.69, 9.17) is 16.0 Å². The van der Waals surface area contributed by atoms with E-state index in [1.807, 2.05) is 17.7 Å². The molecule has 3 heterocycles. The predicted molar refractivity (Wildman–Crippen MR) is 86.9 cm³/mol. The highest BCUT2D eigenvalue weighted by atomic mass is 35.5. The minimum absolute atomic E-state index is 0.137. The van der Waals surface area contributed by atoms with E-state index in [1.165, 1.54) is 12.8 Å². The highest BCUT2D eigenvalue weighted by Gasteiger charge is 2.26. The summed E-state index contributed by atoms with van der Waals surface area (Å²) < 4.78 is 7.56. The fraction of sp³-hybridized carbons (Fsp3) is 0.562. The second-order valence-corrected chi connectivity index (χ2v) is 6.29. The van der Waals surface area contributed by atoms with E-state index in [0.717, 1.165) is 31.2 Å². The third kappa shape index (κ3) is 3.21. The van der Waals surface area contributed by atoms with Gasteiger partial charge >= 0.3 is 0 Å². The molecular weight excluding hydrogens is 300 g/mol. The molecule has 2 atom stereocenters. The first-order valence-electron chi connectivity index (χ1n) is 7.84. The first-order valence-corrected chi connectivity index (χ1v) is 8.22. The van der Waals surface area contributed by atoms with Crippen LogP contribution in [-0.2, 0) is 7.05 Å². The molecular formula is C16H23ClN4O. The van der Waals surface area contributed by atoms with Gasteiger partial charge < -0.3 is 14.3 Å². The molecule has 0 saturated carbocycles. The van der Waals surface area contributed by atoms with E-state index in [-0.39, 0.29) is 12.1 Å². The average Bonchev–Trinajstić information content (AvgIpc) is 3.24. The van der Waals surface area contributed by atoms with Crippen LogP contribution in [0.15, 0.2) is 29.0 Å². The number of imidazole rings is 1. The van der Waals surface area contributed by atoms with Gasteiger partial charge in [0.25, 0.3) is 0 Å². The van der Waals surface area contributed by atoms with Crippen molar-refractivity contribution >= 4 is 11.6 Å². The molecule has 1 aliphatic rings. The summed E-state index contributed by atoms with van der Waals surface area (Å²) in [5, 5.41) is 4.23. The van der Waals surface area contributed by atoms with E-state index in [0.29, 0.717) is 5.15 Å². The minimum atomic E-state index is 0.137. The van der Waals surface area contributed by atoms with Gasteiger partial charge in [0.2, 0.25) is 0 Å². The molecule has 0 amide bonds. The summed E-state index contributed by atoms with van der Waals surface area (Å²) in [4.78, 5) is 6.87. The van der Waals surface area contributed by atoms with Crippen LogP contribution in [0.2, 0.25) is 5.15 Å². The van der Waals surface area contributed by atoms with Crippen LogP contribution in [0.25, 0.3) is 0 Å². The lowest BCUT2D eigenvalue weighted by Crippen LogP contribution is -2.35. The molecule has 1 saturated heterocycles. The minimum Gasteiger partial charge on any atom is -0.468 e. The van der Waals surface area contributed by atoms with Crippen molar-refractivity contribution in [1.82, 2.24) is 19.8 Å². The lowest BCUT2D eigenvalue weighted by Gasteiger charge is -2.27. The molecule has 120 valence electrons. The molecule has 0 spiro atoms. The van der Waals surface area contributed by atoms with Gasteiger partial charge in [0, 0.05) is 13.6 Å². The maximum atomic E-state index is 6.07. The maximum Gasteiger partial charge on any atom is 0.128 e. The van der Waals surface area contributed by atoms with Crippen molar-refractivity contribution in [3.63, 3.8) is 0 Å². The number of nitrogens with zero attached hydrogens (tertiary/aromatic N) is 3. The number of furan rings is 1. The number of aromatic nitrogens is 2. The van der Waals surface area contributed by atoms with Crippen LogP contribution in [0.1, 0.15) is 43.4 Å². The van der Waals surface area contributed by atoms with Crippen molar-refractivity contribution in [2.75, 3.05) is 19.6 Å². The van der Waals surface area contributed by atoms with Crippen LogP contribution < -0.4 is 5.32 Å². The summed E-state index contributed by atoms with van der Waals surface area (Å²) in [7, 11) is 1.94. The summed E-state index contributed by atoms with van der Waals surface area (Å²) in [5.74, 6) is 1.98. The van der Waals surface area contributed by atoms with Crippen LogP contribution in [0.3, 0.4) is 0 Å². The van der Waals surface area contributed by atoms with Gasteiger partial charge in [-0.1, -0.05) is 11.6 Å². The number of halogens is 1. The molecule has 0 unspecified atom stereocenters. The standard InChI is InChI=1S/C16H23ClN4O/c1-12(16-19-11-15(17)20(16)2)18-10-13(14-6-5-9-22-14)21-7-3-4-8-21/h5-6,9,11-13,18H,3-4,7-8,10H2,1-2H3/t12-,13+/m1/s1. The topological polar surface area (TPSA) is 46.2 Å². The Bertz CT molecular complexity index is 589. The van der Waals surface area contributed by atoms with E-state index < -0.39 is 0 Å². The Kier molecular flexibility index (Phi) is 4.86. The fourth-order valence-electron chi connectivity index (χ4n) is 3.13. The number of nitrogens with one attached hydrogen (secondary N) is 1. The summed E-state index contributed by atoms with van der Waals surface area (Å²) >= 11 is 6.07. The normalized spacial score (nSPS) is 18.7. The van der Waals surface area contributed by atoms with Crippen molar-refractivity contribution in [3.05, 3.63) is 41.3 Å². The lowest BCUT2D eigenvalue weighted by molar-refractivity contribution is 0.205. The highest BCUT2D eigenvalue weighted by Crippen LogP contribution is 2.26. The van der Waals surface area contributed by atoms with E-state index in [2.05, 4.69) is 28.2 Å². The van der Waals surface area contributed by atoms with Crippen molar-refractivity contribution in [1.29, 1.82) is 0 Å². The largest absolute Gasteiger partial charge is 0.468 e. The Hall–Kier alpha value is -1.30. The third-order valence-electron chi connectivity index (χ3n) is 4.43. The summed E-state index contributed by atoms with van der Waals surface area (Å²) in [6.07, 6.45) is 5.98. The molecule has 0 radical (unpaired) electrons. The average molecular weight is 323 g/mol. The molecule has 1 aliphatic heterocycles. The molecule has 22 heavy (non-hydrogen) atoms. The molecule has 3 rings (SSSR count). The Morgan fingerprint density at radius 2 is 2.18 bits per heavy atom. The summed E-state index contributed by atoms with van der Waals surface area (Å²) in [6, 6.07) is 4.43. The predicted octanol–water partition coefficient (Wildman–Crippen LogP) is 3.15. The fourth-order valence-corrected chi connectivity index (χ4v) is 3.26. The van der Waals surface area contributed by atoms with E-state index >= 15 is 0 Å². The van der Waals surface area contributed by atoms with Crippen LogP contribution in [0.4, 0.5) is 0 Å². The Morgan fingerprint density at radius 3 is 2.77 bits per heavy atom. The Labute approximate surface area is 136 Å². The smallest absolute Gasteiger partial charge is 0.128 e. The monoisotopic (exact) mass is 322 g/mol. The number of rotatable bonds is 6. The van der Waals surface area contributed by atoms with Crippen molar-refractivity contribution < 1.29 is 4.42 Å². The van der Waals surface area contributed by atoms with Gasteiger partial charge in [-0.05, 0) is 45.0 Å². The molecule has 1 N–H and O–H groups in total. The zero-order chi connectivity index (χ0) is 15.5. The van der Waals surface area contributed by atoms with Crippen LogP contribution in [0.5, 0.6) is 0 Å². The zero-order valence-electron chi connectivity index (χ0n) is 13.1. The molecule has 0 aromatic carbocycles. The third-order valence-corrected chi connectivity index (χ3v) is 4.78. The summed E-state index contributed by atoms with van der Waals surface area (Å²) in [6.45, 7) is 5.21. The van der Waals surface area contributed by atoms with Gasteiger partial charge in [0.15, 0.2) is 0 Å². The second kappa shape index (κ2) is 6.86. The summed E-state index contributed by atoms with van der Waals surface area (Å²) in [5.41, 5.74) is 0. The molecule has 0 bridgehead atoms. The highest BCUT2D eigenvalue weighted by molar-refractivity contribution is 6.29. The lowest BCUT2D eigenvalue weighted by atomic mass is 10.1. The molecule has 6 heteroatoms. The quantitative estimate of drug-likeness (QED) is 0.887. The van der Waals surface area contributed by atoms with Crippen LogP contribution >= 0.6 is 11.6 Å². The first-order chi connectivity index (χ1) is 10.7. The Balaban J connectivity index is 1.67. The van der Waals surface area contributed by atoms with Crippen molar-refractivity contribution in [2.45, 2.75) is 31.8 Å². The van der Waals surface area contributed by atoms with E-state index in [9.17, 15) is 0 Å². The number of likely N-dealkylation sites (tertiary alicyclic amines) is 1. The van der Waals surface area contributed by atoms with E-state index in [1.54, 1.807) is 12.5 Å². The maximum absolute atomic E-state index is 6.07. The molecule has 2 aromatic heterocycles. The Morgan fingerprint density at radius 1 is 1.41 bits per heavy atom. The first kappa shape index (κ1) is 15.6. The molecule has 5 nitrogen and oxygen atoms in total. The van der Waals surface area contributed by atoms with Gasteiger partial charge in [0.05, 0.1) is 24.5 Å². The van der Waals surface area contributed by atoms with Gasteiger partial charge in [-0.3, -0.25) is 4.90 Å². The SMILES string of the molecule is C[C@@H](NC[C@@H](c1ccco1)N1CCCC1)c1ncc(Cl)n1C. The van der Waals surface area contributed by atoms with Gasteiger partial charge in [0.1, 0.15) is 16.7 Å². The van der Waals surface area contributed by atoms with Crippen molar-refractivity contribution in [2.24, 2.45) is 7.05 Å². The number of hydrogen-bond donors (Lipinski definition) is 1. The van der Waals surface area contributed by atoms with Crippen molar-refractivity contribution in [3.8, 4) is 0 Å². The van der Waals surface area contributed by atoms with Gasteiger partial charge in [-0.2, -0.15) is 0 Å².